The van der Waals surface area contributed by atoms with Crippen molar-refractivity contribution in [3.63, 3.8) is 0 Å². The Bertz CT molecular complexity index is 1200. The van der Waals surface area contributed by atoms with E-state index in [0.717, 1.165) is 34.0 Å². The lowest BCUT2D eigenvalue weighted by molar-refractivity contribution is -0.372. The highest BCUT2D eigenvalue weighted by Crippen LogP contribution is 2.36. The second-order valence-corrected chi connectivity index (χ2v) is 9.07. The van der Waals surface area contributed by atoms with Crippen LogP contribution in [0.3, 0.4) is 0 Å². The van der Waals surface area contributed by atoms with Gasteiger partial charge in [0.15, 0.2) is 11.9 Å². The van der Waals surface area contributed by atoms with Crippen LogP contribution in [-0.4, -0.2) is 21.9 Å². The molecule has 5 heteroatoms. The molecule has 1 heterocycles. The van der Waals surface area contributed by atoms with Gasteiger partial charge in [-0.15, -0.1) is 11.8 Å². The molecule has 162 valence electrons. The molecule has 0 radical (unpaired) electrons. The number of hydrogen-bond donors (Lipinski definition) is 1. The largest absolute Gasteiger partial charge is 0.450 e. The van der Waals surface area contributed by atoms with Gasteiger partial charge in [-0.1, -0.05) is 31.2 Å². The van der Waals surface area contributed by atoms with Crippen LogP contribution < -0.4 is 10.1 Å². The highest BCUT2D eigenvalue weighted by Gasteiger charge is 2.23. The molecule has 1 N–H and O–H groups in total. The Morgan fingerprint density at radius 2 is 1.84 bits per heavy atom. The smallest absolute Gasteiger partial charge is 0.253 e. The summed E-state index contributed by atoms with van der Waals surface area (Å²) in [5.41, 5.74) is 4.91. The van der Waals surface area contributed by atoms with E-state index in [1.54, 1.807) is 11.8 Å². The van der Waals surface area contributed by atoms with Crippen molar-refractivity contribution in [2.75, 3.05) is 11.1 Å². The summed E-state index contributed by atoms with van der Waals surface area (Å²) >= 11 is 1.79. The van der Waals surface area contributed by atoms with E-state index in [9.17, 15) is 4.79 Å². The molecule has 0 atom stereocenters. The summed E-state index contributed by atoms with van der Waals surface area (Å²) in [5.74, 6) is 2.44. The standard InChI is InChI=1S/C27H26N2O2S/c1-4-32-24-11-8-21(9-12-24)17-27(30)28-22-10-13-25(29-15-14-20(29)3)26(18-22)31-23-7-5-6-19(2)16-23/h5-16,18H,4,17H2,1-3H3/p+1. The zero-order valence-electron chi connectivity index (χ0n) is 18.6. The Morgan fingerprint density at radius 1 is 1.03 bits per heavy atom. The number of allylic oxidation sites excluding steroid dienone is 1. The number of aryl methyl sites for hydroxylation is 1. The fourth-order valence-corrected chi connectivity index (χ4v) is 4.17. The molecule has 0 aliphatic carbocycles. The summed E-state index contributed by atoms with van der Waals surface area (Å²) in [5, 5.41) is 3.01. The third kappa shape index (κ3) is 5.29. The molecule has 4 nitrogen and oxygen atoms in total. The van der Waals surface area contributed by atoms with Gasteiger partial charge in [-0.25, -0.2) is 0 Å². The molecule has 4 rings (SSSR count). The van der Waals surface area contributed by atoms with Gasteiger partial charge in [-0.3, -0.25) is 4.79 Å². The normalized spacial score (nSPS) is 12.5. The van der Waals surface area contributed by atoms with Gasteiger partial charge in [-0.2, -0.15) is 4.58 Å². The minimum atomic E-state index is -0.0539. The molecule has 1 aliphatic rings. The summed E-state index contributed by atoms with van der Waals surface area (Å²) in [6.07, 6.45) is 4.39. The predicted molar refractivity (Wildman–Crippen MR) is 133 cm³/mol. The van der Waals surface area contributed by atoms with Crippen molar-refractivity contribution in [3.05, 3.63) is 90.1 Å². The fourth-order valence-electron chi connectivity index (χ4n) is 3.51. The van der Waals surface area contributed by atoms with Crippen LogP contribution in [0.15, 0.2) is 83.9 Å². The Morgan fingerprint density at radius 3 is 2.50 bits per heavy atom. The maximum absolute atomic E-state index is 12.7. The first kappa shape index (κ1) is 21.9. The molecule has 0 saturated carbocycles. The molecule has 1 aliphatic heterocycles. The third-order valence-electron chi connectivity index (χ3n) is 5.16. The molecule has 0 spiro atoms. The highest BCUT2D eigenvalue weighted by atomic mass is 32.2. The first-order valence-electron chi connectivity index (χ1n) is 10.7. The van der Waals surface area contributed by atoms with Crippen LogP contribution in [0, 0.1) is 6.92 Å². The zero-order valence-corrected chi connectivity index (χ0v) is 19.4. The number of benzene rings is 3. The topological polar surface area (TPSA) is 41.3 Å². The van der Waals surface area contributed by atoms with Crippen LogP contribution in [0.4, 0.5) is 11.4 Å². The molecular weight excluding hydrogens is 416 g/mol. The lowest BCUT2D eigenvalue weighted by Gasteiger charge is -2.14. The van der Waals surface area contributed by atoms with E-state index in [4.69, 9.17) is 4.74 Å². The number of carbonyl (C=O) groups excluding carboxylic acids is 1. The molecule has 0 fully saturated rings. The van der Waals surface area contributed by atoms with Crippen LogP contribution in [-0.2, 0) is 11.2 Å². The first-order chi connectivity index (χ1) is 15.5. The van der Waals surface area contributed by atoms with Crippen molar-refractivity contribution in [2.45, 2.75) is 32.1 Å². The van der Waals surface area contributed by atoms with Crippen molar-refractivity contribution in [2.24, 2.45) is 0 Å². The van der Waals surface area contributed by atoms with Gasteiger partial charge in [0.25, 0.3) is 5.69 Å². The van der Waals surface area contributed by atoms with Gasteiger partial charge in [0.1, 0.15) is 5.75 Å². The highest BCUT2D eigenvalue weighted by molar-refractivity contribution is 7.99. The molecule has 32 heavy (non-hydrogen) atoms. The van der Waals surface area contributed by atoms with Gasteiger partial charge in [0, 0.05) is 29.6 Å². The molecule has 1 amide bonds. The maximum atomic E-state index is 12.7. The Balaban J connectivity index is 1.52. The molecular formula is C27H27N2O2S+. The first-order valence-corrected chi connectivity index (χ1v) is 11.7. The number of carbonyl (C=O) groups is 1. The van der Waals surface area contributed by atoms with Gasteiger partial charge in [0.05, 0.1) is 12.5 Å². The van der Waals surface area contributed by atoms with Gasteiger partial charge in [0.2, 0.25) is 11.7 Å². The van der Waals surface area contributed by atoms with Crippen molar-refractivity contribution in [3.8, 4) is 11.5 Å². The van der Waals surface area contributed by atoms with Crippen LogP contribution >= 0.6 is 11.8 Å². The number of ether oxygens (including phenoxy) is 1. The van der Waals surface area contributed by atoms with E-state index in [2.05, 4.69) is 41.9 Å². The molecule has 3 aromatic rings. The summed E-state index contributed by atoms with van der Waals surface area (Å²) in [6, 6.07) is 21.9. The number of thioether (sulfide) groups is 1. The summed E-state index contributed by atoms with van der Waals surface area (Å²) in [7, 11) is 0. The Kier molecular flexibility index (Phi) is 6.76. The maximum Gasteiger partial charge on any atom is 0.253 e. The van der Waals surface area contributed by atoms with Crippen molar-refractivity contribution >= 4 is 34.8 Å². The van der Waals surface area contributed by atoms with Crippen LogP contribution in [0.25, 0.3) is 0 Å². The quantitative estimate of drug-likeness (QED) is 0.311. The van der Waals surface area contributed by atoms with Gasteiger partial charge in [-0.05, 0) is 54.1 Å². The van der Waals surface area contributed by atoms with E-state index < -0.39 is 0 Å². The summed E-state index contributed by atoms with van der Waals surface area (Å²) in [6.45, 7) is 6.22. The van der Waals surface area contributed by atoms with E-state index in [1.807, 2.05) is 67.7 Å². The van der Waals surface area contributed by atoms with E-state index in [0.29, 0.717) is 17.9 Å². The van der Waals surface area contributed by atoms with E-state index in [-0.39, 0.29) is 5.91 Å². The Hall–Kier alpha value is -3.31. The number of amides is 1. The molecule has 0 bridgehead atoms. The third-order valence-corrected chi connectivity index (χ3v) is 6.06. The molecule has 0 unspecified atom stereocenters. The number of nitrogens with one attached hydrogen (secondary N) is 1. The zero-order chi connectivity index (χ0) is 22.5. The monoisotopic (exact) mass is 443 g/mol. The Labute approximate surface area is 193 Å². The molecule has 3 aromatic carbocycles. The minimum absolute atomic E-state index is 0.0539. The average molecular weight is 444 g/mol. The van der Waals surface area contributed by atoms with E-state index >= 15 is 0 Å². The van der Waals surface area contributed by atoms with Crippen LogP contribution in [0.2, 0.25) is 0 Å². The second kappa shape index (κ2) is 9.88. The van der Waals surface area contributed by atoms with Crippen molar-refractivity contribution in [1.29, 1.82) is 0 Å². The van der Waals surface area contributed by atoms with Crippen molar-refractivity contribution in [1.82, 2.24) is 0 Å². The van der Waals surface area contributed by atoms with Gasteiger partial charge >= 0.3 is 0 Å². The number of anilines is 1. The summed E-state index contributed by atoms with van der Waals surface area (Å²) < 4.78 is 8.31. The van der Waals surface area contributed by atoms with Crippen LogP contribution in [0.1, 0.15) is 25.0 Å². The van der Waals surface area contributed by atoms with E-state index in [1.165, 1.54) is 4.90 Å². The number of hydrogen-bond acceptors (Lipinski definition) is 3. The fraction of sp³-hybridized carbons (Fsp3) is 0.185. The number of rotatable bonds is 8. The average Bonchev–Trinajstić information content (AvgIpc) is 2.76. The lowest BCUT2D eigenvalue weighted by atomic mass is 10.1. The molecule has 0 saturated heterocycles. The number of nitrogens with zero attached hydrogens (tertiary/aromatic N) is 1. The SMILES string of the molecule is CCSc1ccc(CC(=O)Nc2ccc([N+]3=C(C)C=C3)c(Oc3cccc(C)c3)c2)cc1. The lowest BCUT2D eigenvalue weighted by Crippen LogP contribution is -2.16. The summed E-state index contributed by atoms with van der Waals surface area (Å²) in [4.78, 5) is 13.9. The predicted octanol–water partition coefficient (Wildman–Crippen LogP) is 6.71. The van der Waals surface area contributed by atoms with Crippen LogP contribution in [0.5, 0.6) is 11.5 Å². The minimum Gasteiger partial charge on any atom is -0.450 e. The molecule has 0 aromatic heterocycles. The second-order valence-electron chi connectivity index (χ2n) is 7.73. The van der Waals surface area contributed by atoms with Gasteiger partial charge < -0.3 is 10.1 Å². The van der Waals surface area contributed by atoms with Crippen molar-refractivity contribution < 1.29 is 14.1 Å².